The van der Waals surface area contributed by atoms with Gasteiger partial charge in [0.15, 0.2) is 0 Å². The number of benzene rings is 1. The third-order valence-electron chi connectivity index (χ3n) is 4.73. The molecule has 2 heterocycles. The van der Waals surface area contributed by atoms with Crippen LogP contribution in [0.5, 0.6) is 5.75 Å². The van der Waals surface area contributed by atoms with Gasteiger partial charge in [0.1, 0.15) is 11.6 Å². The normalized spacial score (nSPS) is 23.1. The van der Waals surface area contributed by atoms with Crippen molar-refractivity contribution in [1.82, 2.24) is 15.1 Å². The average molecular weight is 410 g/mol. The van der Waals surface area contributed by atoms with Gasteiger partial charge in [-0.15, -0.1) is 24.8 Å². The van der Waals surface area contributed by atoms with E-state index in [4.69, 9.17) is 4.74 Å². The average Bonchev–Trinajstić information content (AvgIpc) is 3.02. The highest BCUT2D eigenvalue weighted by atomic mass is 35.5. The first kappa shape index (κ1) is 22.9. The van der Waals surface area contributed by atoms with Gasteiger partial charge in [0.05, 0.1) is 19.3 Å². The molecular weight excluding hydrogens is 384 g/mol. The van der Waals surface area contributed by atoms with Gasteiger partial charge < -0.3 is 20.1 Å². The fourth-order valence-corrected chi connectivity index (χ4v) is 3.36. The fraction of sp³-hybridized carbons (Fsp3) is 0.588. The Labute approximate surface area is 165 Å². The molecule has 0 radical (unpaired) electrons. The van der Waals surface area contributed by atoms with Crippen LogP contribution in [-0.2, 0) is 11.3 Å². The molecule has 2 unspecified atom stereocenters. The number of aliphatic hydroxyl groups excluding tert-OH is 1. The number of carbonyl (C=O) groups is 1. The Kier molecular flexibility index (Phi) is 9.06. The molecule has 2 fully saturated rings. The summed E-state index contributed by atoms with van der Waals surface area (Å²) in [5.74, 6) is 0.471. The lowest BCUT2D eigenvalue weighted by Gasteiger charge is -2.36. The first-order valence-corrected chi connectivity index (χ1v) is 8.32. The Bertz CT molecular complexity index is 601. The zero-order valence-electron chi connectivity index (χ0n) is 14.7. The van der Waals surface area contributed by atoms with E-state index in [9.17, 15) is 14.3 Å². The Hall–Kier alpha value is -1.12. The van der Waals surface area contributed by atoms with Crippen molar-refractivity contribution in [3.05, 3.63) is 29.6 Å². The maximum atomic E-state index is 13.5. The Morgan fingerprint density at radius 1 is 1.31 bits per heavy atom. The second kappa shape index (κ2) is 10.3. The number of nitrogens with zero attached hydrogens (tertiary/aromatic N) is 2. The van der Waals surface area contributed by atoms with E-state index < -0.39 is 6.10 Å². The lowest BCUT2D eigenvalue weighted by molar-refractivity contribution is -0.135. The Balaban J connectivity index is 0.00000169. The monoisotopic (exact) mass is 409 g/mol. The van der Waals surface area contributed by atoms with Gasteiger partial charge in [-0.3, -0.25) is 9.69 Å². The molecule has 0 aromatic heterocycles. The van der Waals surface area contributed by atoms with Crippen molar-refractivity contribution in [3.8, 4) is 5.75 Å². The van der Waals surface area contributed by atoms with Crippen LogP contribution >= 0.6 is 24.8 Å². The second-order valence-corrected chi connectivity index (χ2v) is 6.41. The summed E-state index contributed by atoms with van der Waals surface area (Å²) in [4.78, 5) is 16.5. The zero-order chi connectivity index (χ0) is 17.1. The second-order valence-electron chi connectivity index (χ2n) is 6.41. The molecule has 1 aromatic rings. The van der Waals surface area contributed by atoms with Gasteiger partial charge in [-0.2, -0.15) is 0 Å². The smallest absolute Gasteiger partial charge is 0.239 e. The highest BCUT2D eigenvalue weighted by Gasteiger charge is 2.32. The molecule has 6 nitrogen and oxygen atoms in total. The van der Waals surface area contributed by atoms with E-state index in [1.165, 1.54) is 12.1 Å². The summed E-state index contributed by atoms with van der Waals surface area (Å²) in [6, 6.07) is 4.26. The number of methoxy groups -OCH3 is 1. The number of hydrogen-bond donors (Lipinski definition) is 2. The van der Waals surface area contributed by atoms with Gasteiger partial charge >= 0.3 is 0 Å². The maximum Gasteiger partial charge on any atom is 0.239 e. The number of hydrogen-bond acceptors (Lipinski definition) is 5. The lowest BCUT2D eigenvalue weighted by atomic mass is 10.1. The van der Waals surface area contributed by atoms with Crippen LogP contribution in [-0.4, -0.2) is 72.8 Å². The van der Waals surface area contributed by atoms with Crippen LogP contribution in [0.15, 0.2) is 18.2 Å². The predicted octanol–water partition coefficient (Wildman–Crippen LogP) is 1.04. The number of amides is 1. The molecule has 2 atom stereocenters. The van der Waals surface area contributed by atoms with Gasteiger partial charge in [0.25, 0.3) is 0 Å². The fourth-order valence-electron chi connectivity index (χ4n) is 3.36. The van der Waals surface area contributed by atoms with Crippen LogP contribution in [0.25, 0.3) is 0 Å². The van der Waals surface area contributed by atoms with Crippen molar-refractivity contribution in [2.24, 2.45) is 0 Å². The van der Waals surface area contributed by atoms with Gasteiger partial charge in [0, 0.05) is 44.8 Å². The Morgan fingerprint density at radius 2 is 2.00 bits per heavy atom. The number of piperazine rings is 1. The largest absolute Gasteiger partial charge is 0.496 e. The van der Waals surface area contributed by atoms with Gasteiger partial charge in [-0.05, 0) is 24.6 Å². The molecule has 148 valence electrons. The Morgan fingerprint density at radius 3 is 2.58 bits per heavy atom. The molecule has 0 aliphatic carbocycles. The van der Waals surface area contributed by atoms with Gasteiger partial charge in [0.2, 0.25) is 5.91 Å². The van der Waals surface area contributed by atoms with Gasteiger partial charge in [-0.25, -0.2) is 4.39 Å². The van der Waals surface area contributed by atoms with E-state index in [0.29, 0.717) is 38.3 Å². The minimum atomic E-state index is -0.430. The summed E-state index contributed by atoms with van der Waals surface area (Å²) < 4.78 is 18.7. The number of nitrogens with one attached hydrogen (secondary N) is 1. The molecule has 0 bridgehead atoms. The summed E-state index contributed by atoms with van der Waals surface area (Å²) in [6.07, 6.45) is 0.0557. The third-order valence-corrected chi connectivity index (χ3v) is 4.73. The van der Waals surface area contributed by atoms with Crippen molar-refractivity contribution in [2.75, 3.05) is 39.8 Å². The van der Waals surface area contributed by atoms with Crippen molar-refractivity contribution in [3.63, 3.8) is 0 Å². The molecule has 2 aliphatic rings. The molecule has 1 aromatic carbocycles. The SMILES string of the molecule is COc1ccc(F)cc1CN1CCN(C(=O)C2CC(O)CN2)CC1.Cl.Cl. The standard InChI is InChI=1S/C17H24FN3O3.2ClH/c1-24-16-3-2-13(18)8-12(16)11-20-4-6-21(7-5-20)17(23)15-9-14(22)10-19-15;;/h2-3,8,14-15,19,22H,4-7,9-11H2,1H3;2*1H. The number of rotatable bonds is 4. The zero-order valence-corrected chi connectivity index (χ0v) is 16.3. The molecule has 2 aliphatic heterocycles. The van der Waals surface area contributed by atoms with Crippen LogP contribution < -0.4 is 10.1 Å². The number of β-amino-alcohol motifs (C(OH)–C–C–N with tert-alkyl or cyclic N) is 1. The van der Waals surface area contributed by atoms with Crippen molar-refractivity contribution in [1.29, 1.82) is 0 Å². The van der Waals surface area contributed by atoms with Crippen LogP contribution in [0.3, 0.4) is 0 Å². The molecule has 1 amide bonds. The molecule has 2 N–H and O–H groups in total. The topological polar surface area (TPSA) is 65.0 Å². The van der Waals surface area contributed by atoms with E-state index in [1.54, 1.807) is 13.2 Å². The number of halogens is 3. The van der Waals surface area contributed by atoms with Crippen molar-refractivity contribution >= 4 is 30.7 Å². The quantitative estimate of drug-likeness (QED) is 0.777. The molecule has 2 saturated heterocycles. The number of aliphatic hydroxyl groups is 1. The summed E-state index contributed by atoms with van der Waals surface area (Å²) >= 11 is 0. The minimum Gasteiger partial charge on any atom is -0.496 e. The van der Waals surface area contributed by atoms with E-state index in [-0.39, 0.29) is 42.6 Å². The molecule has 0 spiro atoms. The number of ether oxygens (including phenoxy) is 1. The first-order chi connectivity index (χ1) is 11.6. The minimum absolute atomic E-state index is 0. The molecule has 9 heteroatoms. The summed E-state index contributed by atoms with van der Waals surface area (Å²) in [7, 11) is 1.58. The molecular formula is C17H26Cl2FN3O3. The van der Waals surface area contributed by atoms with E-state index >= 15 is 0 Å². The predicted molar refractivity (Wildman–Crippen MR) is 102 cm³/mol. The third kappa shape index (κ3) is 5.44. The highest BCUT2D eigenvalue weighted by molar-refractivity contribution is 5.85. The highest BCUT2D eigenvalue weighted by Crippen LogP contribution is 2.22. The van der Waals surface area contributed by atoms with E-state index in [0.717, 1.165) is 18.7 Å². The van der Waals surface area contributed by atoms with Crippen LogP contribution in [0.2, 0.25) is 0 Å². The van der Waals surface area contributed by atoms with Crippen LogP contribution in [0.1, 0.15) is 12.0 Å². The van der Waals surface area contributed by atoms with E-state index in [2.05, 4.69) is 10.2 Å². The summed E-state index contributed by atoms with van der Waals surface area (Å²) in [6.45, 7) is 3.84. The summed E-state index contributed by atoms with van der Waals surface area (Å²) in [5.41, 5.74) is 0.817. The van der Waals surface area contributed by atoms with Gasteiger partial charge in [-0.1, -0.05) is 0 Å². The van der Waals surface area contributed by atoms with E-state index in [1.807, 2.05) is 4.90 Å². The molecule has 3 rings (SSSR count). The number of carbonyl (C=O) groups excluding carboxylic acids is 1. The van der Waals surface area contributed by atoms with Crippen LogP contribution in [0, 0.1) is 5.82 Å². The molecule has 0 saturated carbocycles. The van der Waals surface area contributed by atoms with Crippen molar-refractivity contribution in [2.45, 2.75) is 25.1 Å². The van der Waals surface area contributed by atoms with Crippen molar-refractivity contribution < 1.29 is 19.0 Å². The maximum absolute atomic E-state index is 13.5. The lowest BCUT2D eigenvalue weighted by Crippen LogP contribution is -2.52. The first-order valence-electron chi connectivity index (χ1n) is 8.32. The summed E-state index contributed by atoms with van der Waals surface area (Å²) in [5, 5.41) is 12.6. The molecule has 26 heavy (non-hydrogen) atoms. The van der Waals surface area contributed by atoms with Crippen LogP contribution in [0.4, 0.5) is 4.39 Å².